The van der Waals surface area contributed by atoms with Crippen molar-refractivity contribution in [2.75, 3.05) is 13.1 Å². The molecule has 0 fully saturated rings. The molecule has 0 bridgehead atoms. The highest BCUT2D eigenvalue weighted by molar-refractivity contribution is 5.80. The van der Waals surface area contributed by atoms with E-state index < -0.39 is 0 Å². The zero-order chi connectivity index (χ0) is 10.7. The SMILES string of the molecule is NCC[C@]1(c2ccccc2)CNC(N)=N1. The third-order valence-corrected chi connectivity index (χ3v) is 2.77. The fourth-order valence-electron chi connectivity index (χ4n) is 1.99. The number of nitrogens with zero attached hydrogens (tertiary/aromatic N) is 1. The molecule has 0 amide bonds. The van der Waals surface area contributed by atoms with E-state index in [0.29, 0.717) is 12.5 Å². The average Bonchev–Trinajstić information content (AvgIpc) is 2.63. The van der Waals surface area contributed by atoms with Crippen LogP contribution in [0.2, 0.25) is 0 Å². The summed E-state index contributed by atoms with van der Waals surface area (Å²) in [4.78, 5) is 4.48. The minimum absolute atomic E-state index is 0.264. The second-order valence-electron chi connectivity index (χ2n) is 3.79. The number of hydrogen-bond acceptors (Lipinski definition) is 4. The monoisotopic (exact) mass is 204 g/mol. The van der Waals surface area contributed by atoms with E-state index in [9.17, 15) is 0 Å². The largest absolute Gasteiger partial charge is 0.370 e. The van der Waals surface area contributed by atoms with Gasteiger partial charge in [0.25, 0.3) is 0 Å². The maximum absolute atomic E-state index is 5.68. The van der Waals surface area contributed by atoms with Gasteiger partial charge in [0, 0.05) is 6.54 Å². The smallest absolute Gasteiger partial charge is 0.189 e. The summed E-state index contributed by atoms with van der Waals surface area (Å²) in [5, 5.41) is 3.07. The Labute approximate surface area is 89.4 Å². The van der Waals surface area contributed by atoms with Gasteiger partial charge in [-0.25, -0.2) is 4.99 Å². The maximum atomic E-state index is 5.68. The van der Waals surface area contributed by atoms with Crippen LogP contribution in [-0.2, 0) is 5.54 Å². The van der Waals surface area contributed by atoms with Crippen LogP contribution < -0.4 is 16.8 Å². The van der Waals surface area contributed by atoms with Crippen LogP contribution in [0.1, 0.15) is 12.0 Å². The lowest BCUT2D eigenvalue weighted by molar-refractivity contribution is 0.441. The molecule has 0 saturated heterocycles. The van der Waals surface area contributed by atoms with Gasteiger partial charge in [-0.1, -0.05) is 30.3 Å². The lowest BCUT2D eigenvalue weighted by atomic mass is 9.88. The third kappa shape index (κ3) is 1.80. The number of guanidine groups is 1. The highest BCUT2D eigenvalue weighted by atomic mass is 15.2. The molecule has 0 aliphatic carbocycles. The molecule has 0 unspecified atom stereocenters. The lowest BCUT2D eigenvalue weighted by Crippen LogP contribution is -2.33. The summed E-state index contributed by atoms with van der Waals surface area (Å²) >= 11 is 0. The fourth-order valence-corrected chi connectivity index (χ4v) is 1.99. The van der Waals surface area contributed by atoms with Crippen molar-refractivity contribution in [1.29, 1.82) is 0 Å². The Balaban J connectivity index is 2.36. The Morgan fingerprint density at radius 3 is 2.60 bits per heavy atom. The van der Waals surface area contributed by atoms with E-state index in [0.717, 1.165) is 13.0 Å². The van der Waals surface area contributed by atoms with Crippen molar-refractivity contribution in [2.45, 2.75) is 12.0 Å². The highest BCUT2D eigenvalue weighted by Crippen LogP contribution is 2.30. The van der Waals surface area contributed by atoms with Crippen LogP contribution in [0.25, 0.3) is 0 Å². The summed E-state index contributed by atoms with van der Waals surface area (Å²) in [5.74, 6) is 0.507. The minimum atomic E-state index is -0.264. The molecule has 15 heavy (non-hydrogen) atoms. The van der Waals surface area contributed by atoms with Crippen LogP contribution in [0, 0.1) is 0 Å². The molecular formula is C11H16N4. The van der Waals surface area contributed by atoms with Gasteiger partial charge >= 0.3 is 0 Å². The Morgan fingerprint density at radius 1 is 1.33 bits per heavy atom. The Bertz CT molecular complexity index is 360. The molecule has 2 rings (SSSR count). The standard InChI is InChI=1S/C11H16N4/c12-7-6-11(8-14-10(13)15-11)9-4-2-1-3-5-9/h1-5H,6-8,12H2,(H3,13,14,15)/t11-/m1/s1. The van der Waals surface area contributed by atoms with Crippen molar-refractivity contribution in [2.24, 2.45) is 16.5 Å². The van der Waals surface area contributed by atoms with Crippen molar-refractivity contribution in [3.05, 3.63) is 35.9 Å². The van der Waals surface area contributed by atoms with E-state index in [1.165, 1.54) is 5.56 Å². The molecule has 4 nitrogen and oxygen atoms in total. The minimum Gasteiger partial charge on any atom is -0.370 e. The van der Waals surface area contributed by atoms with E-state index in [1.54, 1.807) is 0 Å². The summed E-state index contributed by atoms with van der Waals surface area (Å²) in [5.41, 5.74) is 12.2. The summed E-state index contributed by atoms with van der Waals surface area (Å²) in [7, 11) is 0. The van der Waals surface area contributed by atoms with Gasteiger partial charge in [0.05, 0.1) is 0 Å². The number of nitrogens with one attached hydrogen (secondary N) is 1. The van der Waals surface area contributed by atoms with Crippen molar-refractivity contribution < 1.29 is 0 Å². The van der Waals surface area contributed by atoms with E-state index >= 15 is 0 Å². The van der Waals surface area contributed by atoms with Crippen LogP contribution in [0.15, 0.2) is 35.3 Å². The zero-order valence-corrected chi connectivity index (χ0v) is 8.61. The molecule has 0 aromatic heterocycles. The summed E-state index contributed by atoms with van der Waals surface area (Å²) in [6.45, 7) is 1.34. The molecule has 80 valence electrons. The number of aliphatic imine (C=N–C) groups is 1. The van der Waals surface area contributed by atoms with Crippen LogP contribution in [-0.4, -0.2) is 19.0 Å². The molecular weight excluding hydrogens is 188 g/mol. The molecule has 1 aliphatic heterocycles. The lowest BCUT2D eigenvalue weighted by Gasteiger charge is -2.24. The molecule has 1 aromatic rings. The number of rotatable bonds is 3. The van der Waals surface area contributed by atoms with Gasteiger partial charge in [-0.2, -0.15) is 0 Å². The normalized spacial score (nSPS) is 24.7. The molecule has 0 spiro atoms. The van der Waals surface area contributed by atoms with Crippen molar-refractivity contribution in [3.63, 3.8) is 0 Å². The van der Waals surface area contributed by atoms with Gasteiger partial charge < -0.3 is 16.8 Å². The van der Waals surface area contributed by atoms with Crippen LogP contribution in [0.3, 0.4) is 0 Å². The van der Waals surface area contributed by atoms with E-state index in [-0.39, 0.29) is 5.54 Å². The van der Waals surface area contributed by atoms with Crippen molar-refractivity contribution in [1.82, 2.24) is 5.32 Å². The molecule has 1 aliphatic rings. The Morgan fingerprint density at radius 2 is 2.07 bits per heavy atom. The summed E-state index contributed by atoms with van der Waals surface area (Å²) in [6, 6.07) is 10.2. The fraction of sp³-hybridized carbons (Fsp3) is 0.364. The second-order valence-corrected chi connectivity index (χ2v) is 3.79. The average molecular weight is 204 g/mol. The predicted molar refractivity (Wildman–Crippen MR) is 61.4 cm³/mol. The predicted octanol–water partition coefficient (Wildman–Crippen LogP) is 0.149. The molecule has 1 aromatic carbocycles. The first kappa shape index (κ1) is 9.98. The van der Waals surface area contributed by atoms with Gasteiger partial charge in [-0.3, -0.25) is 0 Å². The number of hydrogen-bond donors (Lipinski definition) is 3. The summed E-state index contributed by atoms with van der Waals surface area (Å²) < 4.78 is 0. The Kier molecular flexibility index (Phi) is 2.60. The van der Waals surface area contributed by atoms with E-state index in [4.69, 9.17) is 11.5 Å². The van der Waals surface area contributed by atoms with E-state index in [1.807, 2.05) is 18.2 Å². The zero-order valence-electron chi connectivity index (χ0n) is 8.61. The second kappa shape index (κ2) is 3.90. The number of benzene rings is 1. The van der Waals surface area contributed by atoms with Gasteiger partial charge in [0.15, 0.2) is 5.96 Å². The molecule has 4 heteroatoms. The molecule has 0 saturated carbocycles. The van der Waals surface area contributed by atoms with Gasteiger partial charge in [0.1, 0.15) is 5.54 Å². The highest BCUT2D eigenvalue weighted by Gasteiger charge is 2.35. The van der Waals surface area contributed by atoms with Crippen LogP contribution >= 0.6 is 0 Å². The summed E-state index contributed by atoms with van der Waals surface area (Å²) in [6.07, 6.45) is 0.810. The molecule has 5 N–H and O–H groups in total. The van der Waals surface area contributed by atoms with Crippen molar-refractivity contribution >= 4 is 5.96 Å². The third-order valence-electron chi connectivity index (χ3n) is 2.77. The van der Waals surface area contributed by atoms with Crippen LogP contribution in [0.5, 0.6) is 0 Å². The molecule has 1 atom stereocenters. The first-order valence-corrected chi connectivity index (χ1v) is 5.12. The van der Waals surface area contributed by atoms with E-state index in [2.05, 4.69) is 22.4 Å². The molecule has 0 radical (unpaired) electrons. The Hall–Kier alpha value is -1.55. The topological polar surface area (TPSA) is 76.4 Å². The van der Waals surface area contributed by atoms with Crippen molar-refractivity contribution in [3.8, 4) is 0 Å². The number of nitrogens with two attached hydrogens (primary N) is 2. The van der Waals surface area contributed by atoms with Gasteiger partial charge in [0.2, 0.25) is 0 Å². The quantitative estimate of drug-likeness (QED) is 0.656. The molecule has 1 heterocycles. The first-order valence-electron chi connectivity index (χ1n) is 5.12. The van der Waals surface area contributed by atoms with Gasteiger partial charge in [-0.05, 0) is 18.5 Å². The maximum Gasteiger partial charge on any atom is 0.189 e. The van der Waals surface area contributed by atoms with Gasteiger partial charge in [-0.15, -0.1) is 0 Å². The first-order chi connectivity index (χ1) is 7.27. The van der Waals surface area contributed by atoms with Crippen LogP contribution in [0.4, 0.5) is 0 Å².